The van der Waals surface area contributed by atoms with Gasteiger partial charge in [0.1, 0.15) is 12.4 Å². The Morgan fingerprint density at radius 2 is 1.88 bits per heavy atom. The van der Waals surface area contributed by atoms with Crippen molar-refractivity contribution in [3.8, 4) is 11.8 Å². The Morgan fingerprint density at radius 3 is 2.41 bits per heavy atom. The van der Waals surface area contributed by atoms with Gasteiger partial charge in [0.05, 0.1) is 24.2 Å². The number of nitriles is 1. The van der Waals surface area contributed by atoms with E-state index in [9.17, 15) is 0 Å². The van der Waals surface area contributed by atoms with Gasteiger partial charge in [-0.1, -0.05) is 56.5 Å². The molecule has 1 saturated carbocycles. The number of hydrogen-bond donors (Lipinski definition) is 0. The van der Waals surface area contributed by atoms with Crippen molar-refractivity contribution in [2.45, 2.75) is 86.0 Å². The van der Waals surface area contributed by atoms with Crippen molar-refractivity contribution in [1.29, 1.82) is 5.26 Å². The van der Waals surface area contributed by atoms with Crippen LogP contribution < -0.4 is 4.74 Å². The van der Waals surface area contributed by atoms with Crippen LogP contribution in [0.1, 0.15) is 91.5 Å². The van der Waals surface area contributed by atoms with Gasteiger partial charge in [0.15, 0.2) is 0 Å². The van der Waals surface area contributed by atoms with Crippen LogP contribution in [0.2, 0.25) is 0 Å². The summed E-state index contributed by atoms with van der Waals surface area (Å²) in [4.78, 5) is 0. The van der Waals surface area contributed by atoms with Crippen LogP contribution in [0.3, 0.4) is 0 Å². The molecule has 1 unspecified atom stereocenters. The van der Waals surface area contributed by atoms with E-state index >= 15 is 0 Å². The van der Waals surface area contributed by atoms with Crippen molar-refractivity contribution in [2.75, 3.05) is 13.2 Å². The van der Waals surface area contributed by atoms with Gasteiger partial charge in [-0.15, -0.1) is 0 Å². The molecule has 1 heterocycles. The van der Waals surface area contributed by atoms with E-state index in [2.05, 4.69) is 69.1 Å². The monoisotopic (exact) mass is 461 g/mol. The summed E-state index contributed by atoms with van der Waals surface area (Å²) < 4.78 is 6.10. The molecule has 3 rings (SSSR count). The fourth-order valence-corrected chi connectivity index (χ4v) is 4.50. The first kappa shape index (κ1) is 27.4. The lowest BCUT2D eigenvalue weighted by Gasteiger charge is -2.28. The van der Waals surface area contributed by atoms with Crippen LogP contribution in [-0.4, -0.2) is 23.9 Å². The predicted molar refractivity (Wildman–Crippen MR) is 144 cm³/mol. The molecule has 2 aliphatic rings. The molecule has 0 spiro atoms. The Hall–Kier alpha value is -2.80. The lowest BCUT2D eigenvalue weighted by atomic mass is 9.84. The first-order valence-electron chi connectivity index (χ1n) is 12.8. The van der Waals surface area contributed by atoms with E-state index in [1.165, 1.54) is 54.5 Å². The van der Waals surface area contributed by atoms with Gasteiger partial charge in [-0.3, -0.25) is 5.01 Å². The molecule has 0 radical (unpaired) electrons. The van der Waals surface area contributed by atoms with Gasteiger partial charge in [0, 0.05) is 11.3 Å². The molecule has 0 N–H and O–H groups in total. The summed E-state index contributed by atoms with van der Waals surface area (Å²) in [6.07, 6.45) is 13.8. The number of hydrogen-bond acceptors (Lipinski definition) is 4. The Balaban J connectivity index is 0.000000509. The maximum Gasteiger partial charge on any atom is 0.119 e. The van der Waals surface area contributed by atoms with E-state index in [4.69, 9.17) is 15.1 Å². The molecule has 1 aliphatic carbocycles. The van der Waals surface area contributed by atoms with E-state index in [1.807, 2.05) is 26.0 Å². The molecular formula is C30H43N3O. The van der Waals surface area contributed by atoms with Crippen LogP contribution in [0.25, 0.3) is 0 Å². The standard InChI is InChI=1S/C24H34N2O.C6H9N/c1-5-9-19(3)26-16-18(2)24(20(4)25-26)17-27-23-14-12-22(13-15-23)21-10-7-6-8-11-21;1-3-4-6(2)5-7/h9,12-15,21H,5-8,10-11,16-17H2,1-4H3;3-4,6H,1-2H3/b19-9+;4-3-. The second-order valence-corrected chi connectivity index (χ2v) is 9.39. The first-order valence-corrected chi connectivity index (χ1v) is 12.8. The largest absolute Gasteiger partial charge is 0.489 e. The molecule has 1 aromatic rings. The summed E-state index contributed by atoms with van der Waals surface area (Å²) in [7, 11) is 0. The molecule has 0 bridgehead atoms. The number of ether oxygens (including phenoxy) is 1. The van der Waals surface area contributed by atoms with Crippen molar-refractivity contribution in [1.82, 2.24) is 5.01 Å². The lowest BCUT2D eigenvalue weighted by Crippen LogP contribution is -2.27. The first-order chi connectivity index (χ1) is 16.4. The maximum atomic E-state index is 8.16. The smallest absolute Gasteiger partial charge is 0.119 e. The molecule has 4 nitrogen and oxygen atoms in total. The van der Waals surface area contributed by atoms with E-state index in [0.29, 0.717) is 6.61 Å². The zero-order valence-electron chi connectivity index (χ0n) is 22.1. The minimum absolute atomic E-state index is 0.0741. The van der Waals surface area contributed by atoms with E-state index in [0.717, 1.165) is 30.3 Å². The third kappa shape index (κ3) is 8.52. The normalized spacial score (nSPS) is 18.2. The minimum atomic E-state index is 0.0741. The Bertz CT molecular complexity index is 925. The third-order valence-corrected chi connectivity index (χ3v) is 6.54. The van der Waals surface area contributed by atoms with Gasteiger partial charge >= 0.3 is 0 Å². The molecule has 4 heteroatoms. The maximum absolute atomic E-state index is 8.16. The number of hydrazone groups is 1. The fraction of sp³-hybridized carbons (Fsp3) is 0.533. The van der Waals surface area contributed by atoms with Crippen LogP contribution in [0, 0.1) is 17.2 Å². The van der Waals surface area contributed by atoms with Crippen LogP contribution >= 0.6 is 0 Å². The molecule has 34 heavy (non-hydrogen) atoms. The lowest BCUT2D eigenvalue weighted by molar-refractivity contribution is 0.343. The quantitative estimate of drug-likeness (QED) is 0.385. The van der Waals surface area contributed by atoms with Gasteiger partial charge in [0.25, 0.3) is 0 Å². The molecule has 1 aromatic carbocycles. The average molecular weight is 462 g/mol. The molecule has 1 fully saturated rings. The average Bonchev–Trinajstić information content (AvgIpc) is 2.85. The van der Waals surface area contributed by atoms with Gasteiger partial charge in [-0.25, -0.2) is 0 Å². The Labute approximate surface area is 207 Å². The minimum Gasteiger partial charge on any atom is -0.489 e. The predicted octanol–water partition coefficient (Wildman–Crippen LogP) is 8.16. The van der Waals surface area contributed by atoms with Crippen LogP contribution in [0.4, 0.5) is 0 Å². The summed E-state index contributed by atoms with van der Waals surface area (Å²) in [5, 5.41) is 15.0. The summed E-state index contributed by atoms with van der Waals surface area (Å²) in [6, 6.07) is 10.9. The van der Waals surface area contributed by atoms with Crippen LogP contribution in [0.5, 0.6) is 5.75 Å². The number of nitrogens with zero attached hydrogens (tertiary/aromatic N) is 3. The highest BCUT2D eigenvalue weighted by Gasteiger charge is 2.19. The summed E-state index contributed by atoms with van der Waals surface area (Å²) in [5.74, 6) is 1.77. The number of allylic oxidation sites excluding steroid dienone is 4. The molecule has 0 aromatic heterocycles. The summed E-state index contributed by atoms with van der Waals surface area (Å²) in [6.45, 7) is 13.8. The number of rotatable bonds is 7. The highest BCUT2D eigenvalue weighted by atomic mass is 16.5. The van der Waals surface area contributed by atoms with Crippen molar-refractivity contribution in [2.24, 2.45) is 11.0 Å². The number of benzene rings is 1. The van der Waals surface area contributed by atoms with Crippen molar-refractivity contribution >= 4 is 5.71 Å². The van der Waals surface area contributed by atoms with E-state index in [-0.39, 0.29) is 5.92 Å². The highest BCUT2D eigenvalue weighted by molar-refractivity contribution is 5.99. The molecule has 0 saturated heterocycles. The summed E-state index contributed by atoms with van der Waals surface area (Å²) in [5.41, 5.74) is 6.31. The fourth-order valence-electron chi connectivity index (χ4n) is 4.50. The second kappa shape index (κ2) is 14.5. The van der Waals surface area contributed by atoms with Crippen molar-refractivity contribution < 1.29 is 4.74 Å². The van der Waals surface area contributed by atoms with Crippen molar-refractivity contribution in [3.05, 3.63) is 64.9 Å². The molecule has 1 atom stereocenters. The summed E-state index contributed by atoms with van der Waals surface area (Å²) >= 11 is 0. The third-order valence-electron chi connectivity index (χ3n) is 6.54. The SMILES string of the molecule is C/C=C\C(C)C#N.CC/C=C(\C)N1CC(C)=C(COc2ccc(C3CCCCC3)cc2)C(C)=N1. The second-order valence-electron chi connectivity index (χ2n) is 9.39. The zero-order valence-corrected chi connectivity index (χ0v) is 22.1. The van der Waals surface area contributed by atoms with E-state index < -0.39 is 0 Å². The topological polar surface area (TPSA) is 48.6 Å². The van der Waals surface area contributed by atoms with Gasteiger partial charge < -0.3 is 4.74 Å². The van der Waals surface area contributed by atoms with Gasteiger partial charge in [0.2, 0.25) is 0 Å². The molecule has 184 valence electrons. The molecule has 0 amide bonds. The zero-order chi connectivity index (χ0) is 24.9. The van der Waals surface area contributed by atoms with Crippen molar-refractivity contribution in [3.63, 3.8) is 0 Å². The van der Waals surface area contributed by atoms with Crippen LogP contribution in [0.15, 0.2) is 64.4 Å². The van der Waals surface area contributed by atoms with Gasteiger partial charge in [-0.05, 0) is 83.1 Å². The Morgan fingerprint density at radius 1 is 1.21 bits per heavy atom. The van der Waals surface area contributed by atoms with E-state index in [1.54, 1.807) is 0 Å². The Kier molecular flexibility index (Phi) is 11.7. The van der Waals surface area contributed by atoms with Crippen LogP contribution in [-0.2, 0) is 0 Å². The van der Waals surface area contributed by atoms with Gasteiger partial charge in [-0.2, -0.15) is 10.4 Å². The highest BCUT2D eigenvalue weighted by Crippen LogP contribution is 2.33. The molecular weight excluding hydrogens is 418 g/mol. The molecule has 1 aliphatic heterocycles.